The van der Waals surface area contributed by atoms with Gasteiger partial charge < -0.3 is 14.2 Å². The highest BCUT2D eigenvalue weighted by molar-refractivity contribution is 9.09. The number of carbonyl (C=O) groups excluding carboxylic acids is 1. The Labute approximate surface area is 201 Å². The summed E-state index contributed by atoms with van der Waals surface area (Å²) in [4.78, 5) is 10.9. The van der Waals surface area contributed by atoms with Crippen molar-refractivity contribution in [1.29, 1.82) is 0 Å². The van der Waals surface area contributed by atoms with Gasteiger partial charge >= 0.3 is 5.97 Å². The molecule has 0 aliphatic rings. The van der Waals surface area contributed by atoms with E-state index in [1.165, 1.54) is 30.9 Å². The molecule has 0 radical (unpaired) electrons. The third-order valence-electron chi connectivity index (χ3n) is 5.06. The zero-order valence-electron chi connectivity index (χ0n) is 18.9. The van der Waals surface area contributed by atoms with E-state index in [0.717, 1.165) is 61.1 Å². The van der Waals surface area contributed by atoms with Crippen LogP contribution in [-0.4, -0.2) is 31.1 Å². The summed E-state index contributed by atoms with van der Waals surface area (Å²) in [6.07, 6.45) is 9.91. The Morgan fingerprint density at radius 1 is 0.688 bits per heavy atom. The summed E-state index contributed by atoms with van der Waals surface area (Å²) in [5.41, 5.74) is 2.33. The Balaban J connectivity index is 1.62. The number of carbonyl (C=O) groups is 1. The molecule has 2 aromatic carbocycles. The minimum atomic E-state index is -0.354. The lowest BCUT2D eigenvalue weighted by atomic mass is 10.1. The van der Waals surface area contributed by atoms with Gasteiger partial charge in [-0.3, -0.25) is 0 Å². The molecule has 2 aromatic rings. The van der Waals surface area contributed by atoms with Crippen LogP contribution in [0, 0.1) is 0 Å². The number of unbranched alkanes of at least 4 members (excludes halogenated alkanes) is 6. The second-order valence-corrected chi connectivity index (χ2v) is 8.43. The van der Waals surface area contributed by atoms with Gasteiger partial charge in [0.15, 0.2) is 0 Å². The summed E-state index contributed by atoms with van der Waals surface area (Å²) in [5.74, 6) is 1.45. The molecule has 0 aliphatic carbocycles. The smallest absolute Gasteiger partial charge is 0.330 e. The van der Waals surface area contributed by atoms with Gasteiger partial charge in [0.1, 0.15) is 11.5 Å². The molecular weight excluding hydrogens is 468 g/mol. The average Bonchev–Trinajstić information content (AvgIpc) is 2.83. The van der Waals surface area contributed by atoms with E-state index in [1.807, 2.05) is 24.3 Å². The maximum Gasteiger partial charge on any atom is 0.330 e. The largest absolute Gasteiger partial charge is 0.494 e. The second-order valence-electron chi connectivity index (χ2n) is 7.63. The van der Waals surface area contributed by atoms with Crippen molar-refractivity contribution in [2.24, 2.45) is 0 Å². The first kappa shape index (κ1) is 26.0. The van der Waals surface area contributed by atoms with Gasteiger partial charge in [-0.15, -0.1) is 0 Å². The molecule has 0 atom stereocenters. The van der Waals surface area contributed by atoms with Crippen LogP contribution in [-0.2, 0) is 9.53 Å². The quantitative estimate of drug-likeness (QED) is 0.0980. The van der Waals surface area contributed by atoms with Crippen LogP contribution in [0.1, 0.15) is 51.4 Å². The van der Waals surface area contributed by atoms with E-state index in [9.17, 15) is 4.79 Å². The predicted octanol–water partition coefficient (Wildman–Crippen LogP) is 7.36. The van der Waals surface area contributed by atoms with Gasteiger partial charge in [-0.1, -0.05) is 59.6 Å². The lowest BCUT2D eigenvalue weighted by molar-refractivity contribution is -0.137. The van der Waals surface area contributed by atoms with Crippen molar-refractivity contribution in [3.8, 4) is 22.6 Å². The van der Waals surface area contributed by atoms with E-state index in [4.69, 9.17) is 14.2 Å². The average molecular weight is 503 g/mol. The van der Waals surface area contributed by atoms with Crippen LogP contribution >= 0.6 is 15.9 Å². The third kappa shape index (κ3) is 10.9. The molecule has 0 heterocycles. The van der Waals surface area contributed by atoms with Crippen molar-refractivity contribution in [2.45, 2.75) is 51.4 Å². The van der Waals surface area contributed by atoms with Gasteiger partial charge in [-0.25, -0.2) is 4.79 Å². The molecule has 0 amide bonds. The fourth-order valence-corrected chi connectivity index (χ4v) is 3.60. The number of esters is 1. The molecule has 0 saturated heterocycles. The summed E-state index contributed by atoms with van der Waals surface area (Å²) >= 11 is 3.46. The Kier molecular flexibility index (Phi) is 13.3. The fraction of sp³-hybridized carbons (Fsp3) is 0.444. The van der Waals surface area contributed by atoms with Crippen LogP contribution in [0.2, 0.25) is 0 Å². The summed E-state index contributed by atoms with van der Waals surface area (Å²) in [6, 6.07) is 16.5. The Hall–Kier alpha value is -2.27. The maximum atomic E-state index is 10.9. The number of halogens is 1. The SMILES string of the molecule is C=CC(=O)OCCCCCCOc1ccc(-c2ccc(OCCCCCCBr)cc2)cc1. The molecule has 0 N–H and O–H groups in total. The van der Waals surface area contributed by atoms with Crippen molar-refractivity contribution in [3.05, 3.63) is 61.2 Å². The van der Waals surface area contributed by atoms with Gasteiger partial charge in [0.2, 0.25) is 0 Å². The van der Waals surface area contributed by atoms with Crippen LogP contribution in [0.5, 0.6) is 11.5 Å². The number of hydrogen-bond acceptors (Lipinski definition) is 4. The summed E-state index contributed by atoms with van der Waals surface area (Å²) in [7, 11) is 0. The highest BCUT2D eigenvalue weighted by Crippen LogP contribution is 2.25. The molecule has 0 aliphatic heterocycles. The normalized spacial score (nSPS) is 10.5. The number of benzene rings is 2. The van der Waals surface area contributed by atoms with Crippen LogP contribution < -0.4 is 9.47 Å². The van der Waals surface area contributed by atoms with Gasteiger partial charge in [-0.2, -0.15) is 0 Å². The summed E-state index contributed by atoms with van der Waals surface area (Å²) in [5, 5.41) is 1.08. The third-order valence-corrected chi connectivity index (χ3v) is 5.62. The molecule has 0 fully saturated rings. The lowest BCUT2D eigenvalue weighted by Crippen LogP contribution is -2.02. The van der Waals surface area contributed by atoms with Gasteiger partial charge in [0.05, 0.1) is 19.8 Å². The molecule has 174 valence electrons. The second kappa shape index (κ2) is 16.4. The highest BCUT2D eigenvalue weighted by atomic mass is 79.9. The van der Waals surface area contributed by atoms with E-state index < -0.39 is 0 Å². The minimum absolute atomic E-state index is 0.354. The number of hydrogen-bond donors (Lipinski definition) is 0. The van der Waals surface area contributed by atoms with Crippen LogP contribution in [0.4, 0.5) is 0 Å². The predicted molar refractivity (Wildman–Crippen MR) is 135 cm³/mol. The Morgan fingerprint density at radius 3 is 1.56 bits per heavy atom. The molecular formula is C27H35BrO4. The Bertz CT molecular complexity index is 771. The molecule has 32 heavy (non-hydrogen) atoms. The first-order valence-corrected chi connectivity index (χ1v) is 12.7. The van der Waals surface area contributed by atoms with Crippen molar-refractivity contribution >= 4 is 21.9 Å². The van der Waals surface area contributed by atoms with Crippen molar-refractivity contribution in [1.82, 2.24) is 0 Å². The fourth-order valence-electron chi connectivity index (χ4n) is 3.21. The Morgan fingerprint density at radius 2 is 1.12 bits per heavy atom. The lowest BCUT2D eigenvalue weighted by Gasteiger charge is -2.09. The molecule has 0 spiro atoms. The molecule has 5 heteroatoms. The number of rotatable bonds is 17. The topological polar surface area (TPSA) is 44.8 Å². The monoisotopic (exact) mass is 502 g/mol. The van der Waals surface area contributed by atoms with Crippen LogP contribution in [0.15, 0.2) is 61.2 Å². The molecule has 0 saturated carbocycles. The van der Waals surface area contributed by atoms with E-state index in [2.05, 4.69) is 46.8 Å². The maximum absolute atomic E-state index is 10.9. The zero-order valence-corrected chi connectivity index (χ0v) is 20.5. The zero-order chi connectivity index (χ0) is 22.9. The molecule has 0 aromatic heterocycles. The van der Waals surface area contributed by atoms with Crippen molar-refractivity contribution < 1.29 is 19.0 Å². The van der Waals surface area contributed by atoms with E-state index in [-0.39, 0.29) is 5.97 Å². The van der Waals surface area contributed by atoms with Crippen LogP contribution in [0.25, 0.3) is 11.1 Å². The minimum Gasteiger partial charge on any atom is -0.494 e. The van der Waals surface area contributed by atoms with E-state index in [0.29, 0.717) is 13.2 Å². The van der Waals surface area contributed by atoms with E-state index >= 15 is 0 Å². The van der Waals surface area contributed by atoms with Gasteiger partial charge in [-0.05, 0) is 73.9 Å². The van der Waals surface area contributed by atoms with Crippen molar-refractivity contribution in [2.75, 3.05) is 25.2 Å². The van der Waals surface area contributed by atoms with Crippen molar-refractivity contribution in [3.63, 3.8) is 0 Å². The first-order chi connectivity index (χ1) is 15.7. The summed E-state index contributed by atoms with van der Waals surface area (Å²) < 4.78 is 16.6. The molecule has 2 rings (SSSR count). The van der Waals surface area contributed by atoms with Gasteiger partial charge in [0.25, 0.3) is 0 Å². The van der Waals surface area contributed by atoms with Gasteiger partial charge in [0, 0.05) is 11.4 Å². The highest BCUT2D eigenvalue weighted by Gasteiger charge is 2.01. The summed E-state index contributed by atoms with van der Waals surface area (Å²) in [6.45, 7) is 5.30. The standard InChI is InChI=1S/C27H35BrO4/c1-2-27(29)32-22-10-6-5-9-21-31-26-17-13-24(14-18-26)23-11-15-25(16-12-23)30-20-8-4-3-7-19-28/h2,11-18H,1,3-10,19-22H2. The first-order valence-electron chi connectivity index (χ1n) is 11.5. The van der Waals surface area contributed by atoms with Crippen LogP contribution in [0.3, 0.4) is 0 Å². The molecule has 4 nitrogen and oxygen atoms in total. The number of alkyl halides is 1. The molecule has 0 unspecified atom stereocenters. The van der Waals surface area contributed by atoms with E-state index in [1.54, 1.807) is 0 Å². The molecule has 0 bridgehead atoms. The number of ether oxygens (including phenoxy) is 3.